The van der Waals surface area contributed by atoms with Crippen molar-refractivity contribution in [2.24, 2.45) is 0 Å². The molecule has 2 N–H and O–H groups in total. The van der Waals surface area contributed by atoms with Crippen LogP contribution in [0.4, 0.5) is 0 Å². The molecule has 1 atom stereocenters. The van der Waals surface area contributed by atoms with E-state index in [0.717, 1.165) is 16.5 Å². The van der Waals surface area contributed by atoms with E-state index < -0.39 is 5.54 Å². The maximum absolute atomic E-state index is 12.2. The lowest BCUT2D eigenvalue weighted by Crippen LogP contribution is -2.49. The molecule has 1 heterocycles. The SMILES string of the molecule is COCC(C)(CCO)NC(=O)/C=C/c1cccc2cccnc12. The maximum Gasteiger partial charge on any atom is 0.244 e. The van der Waals surface area contributed by atoms with Gasteiger partial charge in [0.05, 0.1) is 17.7 Å². The number of ether oxygens (including phenoxy) is 1. The Morgan fingerprint density at radius 1 is 1.39 bits per heavy atom. The number of pyridine rings is 1. The largest absolute Gasteiger partial charge is 0.396 e. The Kier molecular flexibility index (Phi) is 5.84. The Hall–Kier alpha value is -2.24. The molecule has 0 aliphatic heterocycles. The van der Waals surface area contributed by atoms with Gasteiger partial charge in [-0.25, -0.2) is 0 Å². The standard InChI is InChI=1S/C18H22N2O3/c1-18(10-12-21,13-23-2)20-16(22)9-8-15-6-3-5-14-7-4-11-19-17(14)15/h3-9,11,21H,10,12-13H2,1-2H3,(H,20,22)/b9-8+. The lowest BCUT2D eigenvalue weighted by Gasteiger charge is -2.28. The number of benzene rings is 1. The van der Waals surface area contributed by atoms with Gasteiger partial charge in [0.1, 0.15) is 0 Å². The summed E-state index contributed by atoms with van der Waals surface area (Å²) in [6.45, 7) is 2.16. The van der Waals surface area contributed by atoms with Crippen LogP contribution in [0, 0.1) is 0 Å². The number of aromatic nitrogens is 1. The van der Waals surface area contributed by atoms with Crippen LogP contribution in [-0.4, -0.2) is 41.9 Å². The van der Waals surface area contributed by atoms with Crippen molar-refractivity contribution in [2.45, 2.75) is 18.9 Å². The Balaban J connectivity index is 2.13. The number of hydrogen-bond acceptors (Lipinski definition) is 4. The molecule has 5 nitrogen and oxygen atoms in total. The highest BCUT2D eigenvalue weighted by molar-refractivity contribution is 5.95. The first-order valence-corrected chi connectivity index (χ1v) is 7.52. The molecule has 2 aromatic rings. The molecule has 5 heteroatoms. The number of carbonyl (C=O) groups is 1. The van der Waals surface area contributed by atoms with Gasteiger partial charge in [-0.1, -0.05) is 24.3 Å². The van der Waals surface area contributed by atoms with Gasteiger partial charge in [-0.05, 0) is 25.5 Å². The van der Waals surface area contributed by atoms with Gasteiger partial charge in [-0.15, -0.1) is 0 Å². The molecule has 0 saturated heterocycles. The quantitative estimate of drug-likeness (QED) is 0.768. The summed E-state index contributed by atoms with van der Waals surface area (Å²) in [6.07, 6.45) is 5.39. The number of amides is 1. The van der Waals surface area contributed by atoms with Crippen LogP contribution < -0.4 is 5.32 Å². The molecule has 23 heavy (non-hydrogen) atoms. The molecular formula is C18H22N2O3. The summed E-state index contributed by atoms with van der Waals surface area (Å²) in [5.41, 5.74) is 1.14. The number of aliphatic hydroxyl groups excluding tert-OH is 1. The number of para-hydroxylation sites is 1. The number of rotatable bonds is 7. The second-order valence-electron chi connectivity index (χ2n) is 5.71. The maximum atomic E-state index is 12.2. The fourth-order valence-electron chi connectivity index (χ4n) is 2.50. The van der Waals surface area contributed by atoms with Gasteiger partial charge in [-0.2, -0.15) is 0 Å². The summed E-state index contributed by atoms with van der Waals surface area (Å²) in [5, 5.41) is 13.0. The van der Waals surface area contributed by atoms with E-state index in [9.17, 15) is 4.79 Å². The lowest BCUT2D eigenvalue weighted by atomic mass is 9.99. The van der Waals surface area contributed by atoms with Gasteiger partial charge >= 0.3 is 0 Å². The first kappa shape index (κ1) is 17.1. The third-order valence-corrected chi connectivity index (χ3v) is 3.63. The molecular weight excluding hydrogens is 292 g/mol. The zero-order valence-corrected chi connectivity index (χ0v) is 13.5. The predicted octanol–water partition coefficient (Wildman–Crippen LogP) is 2.15. The first-order valence-electron chi connectivity index (χ1n) is 7.52. The van der Waals surface area contributed by atoms with E-state index in [1.54, 1.807) is 19.4 Å². The Morgan fingerprint density at radius 2 is 2.17 bits per heavy atom. The van der Waals surface area contributed by atoms with Gasteiger partial charge in [0.25, 0.3) is 0 Å². The molecule has 1 unspecified atom stereocenters. The van der Waals surface area contributed by atoms with Crippen LogP contribution in [0.2, 0.25) is 0 Å². The van der Waals surface area contributed by atoms with E-state index in [2.05, 4.69) is 10.3 Å². The van der Waals surface area contributed by atoms with Crippen molar-refractivity contribution in [1.29, 1.82) is 0 Å². The normalized spacial score (nSPS) is 14.0. The number of hydrogen-bond donors (Lipinski definition) is 2. The smallest absolute Gasteiger partial charge is 0.244 e. The number of aliphatic hydroxyl groups is 1. The van der Waals surface area contributed by atoms with Crippen molar-refractivity contribution >= 4 is 22.9 Å². The number of methoxy groups -OCH3 is 1. The number of fused-ring (bicyclic) bond motifs is 1. The summed E-state index contributed by atoms with van der Waals surface area (Å²) in [4.78, 5) is 16.5. The minimum absolute atomic E-state index is 0.0168. The fourth-order valence-corrected chi connectivity index (χ4v) is 2.50. The van der Waals surface area contributed by atoms with E-state index in [0.29, 0.717) is 13.0 Å². The van der Waals surface area contributed by atoms with E-state index in [4.69, 9.17) is 9.84 Å². The molecule has 0 radical (unpaired) electrons. The van der Waals surface area contributed by atoms with Gasteiger partial charge in [0, 0.05) is 36.9 Å². The molecule has 0 fully saturated rings. The second-order valence-corrected chi connectivity index (χ2v) is 5.71. The molecule has 2 rings (SSSR count). The van der Waals surface area contributed by atoms with Crippen LogP contribution >= 0.6 is 0 Å². The molecule has 0 bridgehead atoms. The van der Waals surface area contributed by atoms with Crippen molar-refractivity contribution in [3.63, 3.8) is 0 Å². The third kappa shape index (κ3) is 4.61. The molecule has 1 aromatic heterocycles. The molecule has 1 aromatic carbocycles. The van der Waals surface area contributed by atoms with E-state index in [-0.39, 0.29) is 12.5 Å². The highest BCUT2D eigenvalue weighted by atomic mass is 16.5. The lowest BCUT2D eigenvalue weighted by molar-refractivity contribution is -0.119. The summed E-state index contributed by atoms with van der Waals surface area (Å²) < 4.78 is 5.12. The highest BCUT2D eigenvalue weighted by Crippen LogP contribution is 2.17. The fraction of sp³-hybridized carbons (Fsp3) is 0.333. The van der Waals surface area contributed by atoms with Crippen LogP contribution in [0.1, 0.15) is 18.9 Å². The molecule has 0 saturated carbocycles. The van der Waals surface area contributed by atoms with Gasteiger partial charge in [-0.3, -0.25) is 9.78 Å². The topological polar surface area (TPSA) is 71.5 Å². The first-order chi connectivity index (χ1) is 11.1. The van der Waals surface area contributed by atoms with Crippen molar-refractivity contribution in [1.82, 2.24) is 10.3 Å². The number of nitrogens with zero attached hydrogens (tertiary/aromatic N) is 1. The monoisotopic (exact) mass is 314 g/mol. The van der Waals surface area contributed by atoms with Crippen LogP contribution in [-0.2, 0) is 9.53 Å². The van der Waals surface area contributed by atoms with Crippen LogP contribution in [0.25, 0.3) is 17.0 Å². The van der Waals surface area contributed by atoms with E-state index in [1.165, 1.54) is 6.08 Å². The third-order valence-electron chi connectivity index (χ3n) is 3.63. The average molecular weight is 314 g/mol. The molecule has 122 valence electrons. The minimum Gasteiger partial charge on any atom is -0.396 e. The number of carbonyl (C=O) groups excluding carboxylic acids is 1. The summed E-state index contributed by atoms with van der Waals surface area (Å²) in [5.74, 6) is -0.231. The van der Waals surface area contributed by atoms with Gasteiger partial charge < -0.3 is 15.2 Å². The minimum atomic E-state index is -0.595. The second kappa shape index (κ2) is 7.85. The van der Waals surface area contributed by atoms with E-state index in [1.807, 2.05) is 37.3 Å². The summed E-state index contributed by atoms with van der Waals surface area (Å²) in [6, 6.07) is 9.70. The Bertz CT molecular complexity index is 686. The molecule has 0 aliphatic rings. The van der Waals surface area contributed by atoms with Gasteiger partial charge in [0.15, 0.2) is 0 Å². The van der Waals surface area contributed by atoms with Crippen molar-refractivity contribution in [3.05, 3.63) is 48.2 Å². The molecule has 0 spiro atoms. The van der Waals surface area contributed by atoms with Crippen LogP contribution in [0.15, 0.2) is 42.6 Å². The van der Waals surface area contributed by atoms with Crippen LogP contribution in [0.5, 0.6) is 0 Å². The van der Waals surface area contributed by atoms with E-state index >= 15 is 0 Å². The Morgan fingerprint density at radius 3 is 2.91 bits per heavy atom. The van der Waals surface area contributed by atoms with Crippen molar-refractivity contribution in [3.8, 4) is 0 Å². The summed E-state index contributed by atoms with van der Waals surface area (Å²) in [7, 11) is 1.57. The van der Waals surface area contributed by atoms with Gasteiger partial charge in [0.2, 0.25) is 5.91 Å². The van der Waals surface area contributed by atoms with Crippen molar-refractivity contribution < 1.29 is 14.6 Å². The summed E-state index contributed by atoms with van der Waals surface area (Å²) >= 11 is 0. The van der Waals surface area contributed by atoms with Crippen LogP contribution in [0.3, 0.4) is 0 Å². The predicted molar refractivity (Wildman–Crippen MR) is 90.9 cm³/mol. The zero-order valence-electron chi connectivity index (χ0n) is 13.5. The molecule has 1 amide bonds. The number of nitrogens with one attached hydrogen (secondary N) is 1. The van der Waals surface area contributed by atoms with Crippen molar-refractivity contribution in [2.75, 3.05) is 20.3 Å². The zero-order chi connectivity index (χ0) is 16.7. The Labute approximate surface area is 136 Å². The molecule has 0 aliphatic carbocycles. The highest BCUT2D eigenvalue weighted by Gasteiger charge is 2.24. The average Bonchev–Trinajstić information content (AvgIpc) is 2.53.